The molecule has 32 heavy (non-hydrogen) atoms. The number of carbonyl (C=O) groups excluding carboxylic acids is 2. The molecule has 1 aliphatic heterocycles. The Bertz CT molecular complexity index is 1000. The largest absolute Gasteiger partial charge is 0.416 e. The molecule has 2 unspecified atom stereocenters. The molecule has 1 saturated heterocycles. The molecule has 2 aliphatic rings. The molecule has 4 rings (SSSR count). The molecular weight excluding hydrogens is 423 g/mol. The summed E-state index contributed by atoms with van der Waals surface area (Å²) in [4.78, 5) is 25.0. The fourth-order valence-corrected chi connectivity index (χ4v) is 4.71. The standard InChI is InChI=1S/C23H24F3N3O3/c24-23(25,26)16-11-9-14(10-12-16)17-7-3-4-8-18(17)19(30)27-13-22(15-5-1-2-6-15)20(31)28-21(32)29-22/h3-4,7-12,15,20,31H,1-2,5-6,13H2,(H,27,30)(H2,28,29,32). The van der Waals surface area contributed by atoms with E-state index in [1.165, 1.54) is 12.1 Å². The maximum atomic E-state index is 13.1. The Morgan fingerprint density at radius 1 is 1.09 bits per heavy atom. The number of rotatable bonds is 5. The van der Waals surface area contributed by atoms with Crippen LogP contribution in [0.15, 0.2) is 48.5 Å². The van der Waals surface area contributed by atoms with Gasteiger partial charge in [0.05, 0.1) is 5.56 Å². The molecule has 0 spiro atoms. The summed E-state index contributed by atoms with van der Waals surface area (Å²) in [5.74, 6) is -0.423. The highest BCUT2D eigenvalue weighted by atomic mass is 19.4. The number of hydrogen-bond acceptors (Lipinski definition) is 3. The Labute approximate surface area is 183 Å². The maximum absolute atomic E-state index is 13.1. The molecule has 4 N–H and O–H groups in total. The van der Waals surface area contributed by atoms with Crippen molar-refractivity contribution in [1.82, 2.24) is 16.0 Å². The average molecular weight is 447 g/mol. The normalized spacial score (nSPS) is 23.6. The number of aliphatic hydroxyl groups excluding tert-OH is 1. The van der Waals surface area contributed by atoms with Crippen LogP contribution < -0.4 is 16.0 Å². The molecule has 2 fully saturated rings. The zero-order valence-electron chi connectivity index (χ0n) is 17.2. The molecule has 0 bridgehead atoms. The number of carbonyl (C=O) groups is 2. The van der Waals surface area contributed by atoms with Gasteiger partial charge in [-0.2, -0.15) is 13.2 Å². The Morgan fingerprint density at radius 2 is 1.75 bits per heavy atom. The summed E-state index contributed by atoms with van der Waals surface area (Å²) in [6, 6.07) is 10.8. The van der Waals surface area contributed by atoms with Crippen LogP contribution in [-0.2, 0) is 6.18 Å². The van der Waals surface area contributed by atoms with Crippen molar-refractivity contribution in [3.05, 3.63) is 59.7 Å². The number of halogens is 3. The van der Waals surface area contributed by atoms with Gasteiger partial charge in [0.15, 0.2) is 6.23 Å². The third-order valence-electron chi connectivity index (χ3n) is 6.42. The number of amides is 3. The zero-order chi connectivity index (χ0) is 22.9. The van der Waals surface area contributed by atoms with E-state index in [4.69, 9.17) is 0 Å². The smallest absolute Gasteiger partial charge is 0.371 e. The Morgan fingerprint density at radius 3 is 2.34 bits per heavy atom. The zero-order valence-corrected chi connectivity index (χ0v) is 17.2. The van der Waals surface area contributed by atoms with Crippen molar-refractivity contribution in [2.24, 2.45) is 5.92 Å². The minimum Gasteiger partial charge on any atom is -0.371 e. The predicted molar refractivity (Wildman–Crippen MR) is 112 cm³/mol. The van der Waals surface area contributed by atoms with Gasteiger partial charge in [0.25, 0.3) is 5.91 Å². The summed E-state index contributed by atoms with van der Waals surface area (Å²) < 4.78 is 38.6. The van der Waals surface area contributed by atoms with Crippen LogP contribution in [0.3, 0.4) is 0 Å². The van der Waals surface area contributed by atoms with Crippen LogP contribution in [0.1, 0.15) is 41.6 Å². The summed E-state index contributed by atoms with van der Waals surface area (Å²) in [5.41, 5.74) is -0.513. The molecule has 3 amide bonds. The number of aliphatic hydroxyl groups is 1. The first-order valence-corrected chi connectivity index (χ1v) is 10.5. The van der Waals surface area contributed by atoms with E-state index in [1.807, 2.05) is 0 Å². The highest BCUT2D eigenvalue weighted by Gasteiger charge is 2.52. The highest BCUT2D eigenvalue weighted by Crippen LogP contribution is 2.37. The Balaban J connectivity index is 1.56. The van der Waals surface area contributed by atoms with Gasteiger partial charge in [-0.05, 0) is 48.1 Å². The quantitative estimate of drug-likeness (QED) is 0.564. The van der Waals surface area contributed by atoms with Gasteiger partial charge in [0.1, 0.15) is 5.54 Å². The molecule has 170 valence electrons. The lowest BCUT2D eigenvalue weighted by atomic mass is 9.81. The van der Waals surface area contributed by atoms with Gasteiger partial charge < -0.3 is 21.1 Å². The molecule has 2 aromatic carbocycles. The van der Waals surface area contributed by atoms with E-state index in [0.717, 1.165) is 37.8 Å². The molecule has 0 radical (unpaired) electrons. The summed E-state index contributed by atoms with van der Waals surface area (Å²) in [6.45, 7) is 0.0255. The van der Waals surface area contributed by atoms with Crippen molar-refractivity contribution in [3.8, 4) is 11.1 Å². The van der Waals surface area contributed by atoms with E-state index < -0.39 is 35.4 Å². The second kappa shape index (κ2) is 8.46. The molecule has 0 aromatic heterocycles. The molecule has 2 atom stereocenters. The number of urea groups is 1. The molecule has 1 aliphatic carbocycles. The lowest BCUT2D eigenvalue weighted by Crippen LogP contribution is -2.61. The van der Waals surface area contributed by atoms with Crippen LogP contribution in [0.25, 0.3) is 11.1 Å². The van der Waals surface area contributed by atoms with Crippen LogP contribution in [0.5, 0.6) is 0 Å². The van der Waals surface area contributed by atoms with Crippen molar-refractivity contribution in [2.75, 3.05) is 6.54 Å². The first kappa shape index (κ1) is 22.1. The van der Waals surface area contributed by atoms with E-state index in [1.54, 1.807) is 24.3 Å². The van der Waals surface area contributed by atoms with Gasteiger partial charge in [-0.25, -0.2) is 4.79 Å². The van der Waals surface area contributed by atoms with Gasteiger partial charge in [-0.15, -0.1) is 0 Å². The first-order chi connectivity index (χ1) is 15.2. The Kier molecular flexibility index (Phi) is 5.85. The van der Waals surface area contributed by atoms with E-state index in [0.29, 0.717) is 16.7 Å². The summed E-state index contributed by atoms with van der Waals surface area (Å²) in [6.07, 6.45) is -1.94. The number of nitrogens with one attached hydrogen (secondary N) is 3. The minimum absolute atomic E-state index is 0.0157. The summed E-state index contributed by atoms with van der Waals surface area (Å²) in [5, 5.41) is 18.6. The van der Waals surface area contributed by atoms with Gasteiger partial charge >= 0.3 is 12.2 Å². The minimum atomic E-state index is -4.44. The van der Waals surface area contributed by atoms with Crippen LogP contribution in [-0.4, -0.2) is 35.4 Å². The van der Waals surface area contributed by atoms with Crippen LogP contribution in [0.2, 0.25) is 0 Å². The third-order valence-corrected chi connectivity index (χ3v) is 6.42. The van der Waals surface area contributed by atoms with Gasteiger partial charge in [-0.3, -0.25) is 4.79 Å². The van der Waals surface area contributed by atoms with Crippen LogP contribution in [0.4, 0.5) is 18.0 Å². The summed E-state index contributed by atoms with van der Waals surface area (Å²) >= 11 is 0. The third kappa shape index (κ3) is 4.17. The predicted octanol–water partition coefficient (Wildman–Crippen LogP) is 3.66. The number of benzene rings is 2. The fraction of sp³-hybridized carbons (Fsp3) is 0.391. The molecule has 6 nitrogen and oxygen atoms in total. The van der Waals surface area contributed by atoms with Crippen molar-refractivity contribution in [3.63, 3.8) is 0 Å². The second-order valence-electron chi connectivity index (χ2n) is 8.33. The monoisotopic (exact) mass is 447 g/mol. The van der Waals surface area contributed by atoms with E-state index in [-0.39, 0.29) is 12.5 Å². The molecule has 2 aromatic rings. The lowest BCUT2D eigenvalue weighted by molar-refractivity contribution is -0.137. The molecule has 9 heteroatoms. The topological polar surface area (TPSA) is 90.5 Å². The fourth-order valence-electron chi connectivity index (χ4n) is 4.71. The molecule has 1 heterocycles. The number of hydrogen-bond donors (Lipinski definition) is 4. The van der Waals surface area contributed by atoms with Gasteiger partial charge in [-0.1, -0.05) is 43.2 Å². The number of alkyl halides is 3. The van der Waals surface area contributed by atoms with Gasteiger partial charge in [0, 0.05) is 12.1 Å². The van der Waals surface area contributed by atoms with Crippen LogP contribution >= 0.6 is 0 Å². The van der Waals surface area contributed by atoms with E-state index in [9.17, 15) is 27.9 Å². The highest BCUT2D eigenvalue weighted by molar-refractivity contribution is 6.01. The Hall–Kier alpha value is -3.07. The second-order valence-corrected chi connectivity index (χ2v) is 8.33. The van der Waals surface area contributed by atoms with Gasteiger partial charge in [0.2, 0.25) is 0 Å². The average Bonchev–Trinajstić information content (AvgIpc) is 3.40. The molecule has 1 saturated carbocycles. The first-order valence-electron chi connectivity index (χ1n) is 10.5. The van der Waals surface area contributed by atoms with Crippen molar-refractivity contribution in [1.29, 1.82) is 0 Å². The van der Waals surface area contributed by atoms with Crippen molar-refractivity contribution in [2.45, 2.75) is 43.6 Å². The lowest BCUT2D eigenvalue weighted by Gasteiger charge is -2.37. The maximum Gasteiger partial charge on any atom is 0.416 e. The SMILES string of the molecule is O=C1NC(O)C(CNC(=O)c2ccccc2-c2ccc(C(F)(F)F)cc2)(C2CCCC2)N1. The van der Waals surface area contributed by atoms with Crippen LogP contribution in [0, 0.1) is 5.92 Å². The van der Waals surface area contributed by atoms with E-state index in [2.05, 4.69) is 16.0 Å². The van der Waals surface area contributed by atoms with Crippen molar-refractivity contribution < 1.29 is 27.9 Å². The van der Waals surface area contributed by atoms with Crippen molar-refractivity contribution >= 4 is 11.9 Å². The summed E-state index contributed by atoms with van der Waals surface area (Å²) in [7, 11) is 0. The van der Waals surface area contributed by atoms with E-state index >= 15 is 0 Å². The molecular formula is C23H24F3N3O3.